The third kappa shape index (κ3) is 1.23. The molecule has 1 rings (SSSR count). The summed E-state index contributed by atoms with van der Waals surface area (Å²) in [6, 6.07) is 0. The second kappa shape index (κ2) is 1.93. The molecule has 4 nitrogen and oxygen atoms in total. The van der Waals surface area contributed by atoms with Crippen molar-refractivity contribution in [3.8, 4) is 0 Å². The summed E-state index contributed by atoms with van der Waals surface area (Å²) in [5, 5.41) is 5.68. The highest BCUT2D eigenvalue weighted by Crippen LogP contribution is 2.25. The molecule has 1 aliphatic heterocycles. The molecule has 0 aromatic rings. The molecular formula is C3H3F3N4. The number of alkyl halides is 3. The van der Waals surface area contributed by atoms with Crippen molar-refractivity contribution in [2.45, 2.75) is 12.3 Å². The van der Waals surface area contributed by atoms with Gasteiger partial charge in [0.15, 0.2) is 0 Å². The summed E-state index contributed by atoms with van der Waals surface area (Å²) >= 11 is 0. The van der Waals surface area contributed by atoms with Crippen LogP contribution >= 0.6 is 0 Å². The van der Waals surface area contributed by atoms with Gasteiger partial charge in [0.1, 0.15) is 0 Å². The number of hydrogen-bond acceptors (Lipinski definition) is 4. The molecule has 56 valence electrons. The SMILES string of the molecule is NC1=NC(C(F)(F)F)N=N1. The zero-order valence-electron chi connectivity index (χ0n) is 4.63. The van der Waals surface area contributed by atoms with Crippen molar-refractivity contribution in [3.05, 3.63) is 0 Å². The molecule has 0 radical (unpaired) electrons. The van der Waals surface area contributed by atoms with E-state index in [9.17, 15) is 13.2 Å². The van der Waals surface area contributed by atoms with Gasteiger partial charge in [-0.05, 0) is 0 Å². The Labute approximate surface area is 53.6 Å². The summed E-state index contributed by atoms with van der Waals surface area (Å²) in [4.78, 5) is 2.90. The smallest absolute Gasteiger partial charge is 0.367 e. The molecule has 7 heteroatoms. The van der Waals surface area contributed by atoms with Crippen LogP contribution in [0, 0.1) is 0 Å². The van der Waals surface area contributed by atoms with Gasteiger partial charge < -0.3 is 5.73 Å². The Bertz CT molecular complexity index is 192. The van der Waals surface area contributed by atoms with E-state index < -0.39 is 18.3 Å². The molecule has 2 N–H and O–H groups in total. The lowest BCUT2D eigenvalue weighted by atomic mass is 10.5. The summed E-state index contributed by atoms with van der Waals surface area (Å²) in [6.45, 7) is 0. The zero-order valence-corrected chi connectivity index (χ0v) is 4.63. The number of azo groups is 1. The van der Waals surface area contributed by atoms with Crippen molar-refractivity contribution in [1.29, 1.82) is 0 Å². The zero-order chi connectivity index (χ0) is 7.78. The van der Waals surface area contributed by atoms with Crippen molar-refractivity contribution in [2.75, 3.05) is 0 Å². The van der Waals surface area contributed by atoms with Crippen LogP contribution in [0.15, 0.2) is 15.2 Å². The maximum atomic E-state index is 11.6. The van der Waals surface area contributed by atoms with Gasteiger partial charge >= 0.3 is 6.18 Å². The van der Waals surface area contributed by atoms with Crippen molar-refractivity contribution in [3.63, 3.8) is 0 Å². The second-order valence-electron chi connectivity index (χ2n) is 1.62. The number of aliphatic imine (C=N–C) groups is 1. The molecule has 1 heterocycles. The Balaban J connectivity index is 2.72. The van der Waals surface area contributed by atoms with Gasteiger partial charge in [-0.3, -0.25) is 0 Å². The number of rotatable bonds is 0. The topological polar surface area (TPSA) is 63.1 Å². The van der Waals surface area contributed by atoms with E-state index in [1.165, 1.54) is 0 Å². The van der Waals surface area contributed by atoms with Crippen LogP contribution in [-0.2, 0) is 0 Å². The molecule has 0 bridgehead atoms. The van der Waals surface area contributed by atoms with E-state index in [0.717, 1.165) is 0 Å². The predicted molar refractivity (Wildman–Crippen MR) is 26.3 cm³/mol. The predicted octanol–water partition coefficient (Wildman–Crippen LogP) is 0.655. The normalized spacial score (nSPS) is 25.1. The van der Waals surface area contributed by atoms with Crippen molar-refractivity contribution in [1.82, 2.24) is 0 Å². The average molecular weight is 152 g/mol. The fourth-order valence-corrected chi connectivity index (χ4v) is 0.429. The lowest BCUT2D eigenvalue weighted by molar-refractivity contribution is -0.144. The van der Waals surface area contributed by atoms with E-state index in [1.807, 2.05) is 0 Å². The fourth-order valence-electron chi connectivity index (χ4n) is 0.429. The Morgan fingerprint density at radius 3 is 2.20 bits per heavy atom. The van der Waals surface area contributed by atoms with E-state index in [0.29, 0.717) is 0 Å². The molecule has 10 heavy (non-hydrogen) atoms. The maximum Gasteiger partial charge on any atom is 0.433 e. The largest absolute Gasteiger partial charge is 0.433 e. The highest BCUT2D eigenvalue weighted by Gasteiger charge is 2.42. The van der Waals surface area contributed by atoms with E-state index in [4.69, 9.17) is 5.73 Å². The molecule has 1 unspecified atom stereocenters. The standard InChI is InChI=1S/C3H3F3N4/c4-3(5,6)1-8-2(7)10-9-1/h1H,(H2,7,8). The lowest BCUT2D eigenvalue weighted by Crippen LogP contribution is -2.23. The molecule has 0 saturated heterocycles. The molecule has 1 aliphatic rings. The van der Waals surface area contributed by atoms with Gasteiger partial charge in [-0.25, -0.2) is 4.99 Å². The first-order chi connectivity index (χ1) is 4.50. The maximum absolute atomic E-state index is 11.6. The second-order valence-corrected chi connectivity index (χ2v) is 1.62. The van der Waals surface area contributed by atoms with Crippen LogP contribution in [0.1, 0.15) is 0 Å². The van der Waals surface area contributed by atoms with Gasteiger partial charge in [-0.2, -0.15) is 13.2 Å². The molecule has 0 aromatic heterocycles. The minimum atomic E-state index is -4.47. The summed E-state index contributed by atoms with van der Waals surface area (Å²) in [5.74, 6) is -0.428. The third-order valence-electron chi connectivity index (χ3n) is 0.817. The van der Waals surface area contributed by atoms with Gasteiger partial charge in [0, 0.05) is 0 Å². The van der Waals surface area contributed by atoms with Crippen LogP contribution in [0.2, 0.25) is 0 Å². The first-order valence-electron chi connectivity index (χ1n) is 2.31. The van der Waals surface area contributed by atoms with Crippen LogP contribution < -0.4 is 5.73 Å². The Hall–Kier alpha value is -1.14. The lowest BCUT2D eigenvalue weighted by Gasteiger charge is -2.05. The fraction of sp³-hybridized carbons (Fsp3) is 0.667. The number of hydrogen-bond donors (Lipinski definition) is 1. The van der Waals surface area contributed by atoms with Crippen LogP contribution in [0.3, 0.4) is 0 Å². The number of nitrogens with zero attached hydrogens (tertiary/aromatic N) is 3. The van der Waals surface area contributed by atoms with Crippen molar-refractivity contribution < 1.29 is 13.2 Å². The Morgan fingerprint density at radius 2 is 2.00 bits per heavy atom. The van der Waals surface area contributed by atoms with Crippen LogP contribution in [0.4, 0.5) is 13.2 Å². The van der Waals surface area contributed by atoms with E-state index in [-0.39, 0.29) is 0 Å². The molecule has 0 aliphatic carbocycles. The molecule has 1 atom stereocenters. The molecule has 0 saturated carbocycles. The van der Waals surface area contributed by atoms with Gasteiger partial charge in [0.2, 0.25) is 5.96 Å². The monoisotopic (exact) mass is 152 g/mol. The summed E-state index contributed by atoms with van der Waals surface area (Å²) in [7, 11) is 0. The van der Waals surface area contributed by atoms with Crippen LogP contribution in [-0.4, -0.2) is 18.3 Å². The average Bonchev–Trinajstić information content (AvgIpc) is 2.11. The van der Waals surface area contributed by atoms with E-state index >= 15 is 0 Å². The molecular weight excluding hydrogens is 149 g/mol. The summed E-state index contributed by atoms with van der Waals surface area (Å²) < 4.78 is 34.9. The molecule has 0 spiro atoms. The first-order valence-corrected chi connectivity index (χ1v) is 2.31. The van der Waals surface area contributed by atoms with Crippen LogP contribution in [0.5, 0.6) is 0 Å². The third-order valence-corrected chi connectivity index (χ3v) is 0.817. The summed E-state index contributed by atoms with van der Waals surface area (Å²) in [5.41, 5.74) is 4.81. The molecule has 0 fully saturated rings. The minimum absolute atomic E-state index is 0.428. The quantitative estimate of drug-likeness (QED) is 0.544. The number of nitrogens with two attached hydrogens (primary N) is 1. The molecule has 0 amide bonds. The van der Waals surface area contributed by atoms with E-state index in [2.05, 4.69) is 15.2 Å². The number of halogens is 3. The highest BCUT2D eigenvalue weighted by molar-refractivity contribution is 5.79. The van der Waals surface area contributed by atoms with Gasteiger partial charge in [-0.1, -0.05) is 0 Å². The Kier molecular flexibility index (Phi) is 1.34. The van der Waals surface area contributed by atoms with Gasteiger partial charge in [0.25, 0.3) is 6.17 Å². The molecule has 0 aromatic carbocycles. The van der Waals surface area contributed by atoms with Crippen molar-refractivity contribution >= 4 is 5.96 Å². The van der Waals surface area contributed by atoms with Crippen LogP contribution in [0.25, 0.3) is 0 Å². The highest BCUT2D eigenvalue weighted by atomic mass is 19.4. The Morgan fingerprint density at radius 1 is 1.40 bits per heavy atom. The number of guanidine groups is 1. The van der Waals surface area contributed by atoms with E-state index in [1.54, 1.807) is 0 Å². The summed E-state index contributed by atoms with van der Waals surface area (Å²) in [6.07, 6.45) is -6.56. The minimum Gasteiger partial charge on any atom is -0.367 e. The first kappa shape index (κ1) is 6.97. The van der Waals surface area contributed by atoms with Gasteiger partial charge in [0.05, 0.1) is 0 Å². The van der Waals surface area contributed by atoms with Crippen molar-refractivity contribution in [2.24, 2.45) is 21.0 Å². The van der Waals surface area contributed by atoms with Gasteiger partial charge in [-0.15, -0.1) is 10.2 Å².